The molecule has 1 aliphatic rings. The Balaban J connectivity index is 2.61. The summed E-state index contributed by atoms with van der Waals surface area (Å²) in [5.74, 6) is -3.06. The van der Waals surface area contributed by atoms with Crippen LogP contribution < -0.4 is 0 Å². The van der Waals surface area contributed by atoms with Crippen LogP contribution in [0.1, 0.15) is 38.7 Å². The maximum atomic E-state index is 12.4. The predicted molar refractivity (Wildman–Crippen MR) is 85.5 cm³/mol. The van der Waals surface area contributed by atoms with Crippen LogP contribution in [-0.2, 0) is 14.4 Å². The third-order valence-corrected chi connectivity index (χ3v) is 4.93. The third kappa shape index (κ3) is 3.06. The number of Topliss-reactive ketones (excluding diaryl/α,β-unsaturated/α-hetero) is 3. The van der Waals surface area contributed by atoms with Gasteiger partial charge in [-0.15, -0.1) is 0 Å². The molecule has 1 aromatic rings. The molecule has 0 aromatic heterocycles. The molecule has 1 saturated carbocycles. The monoisotopic (exact) mass is 366 g/mol. The summed E-state index contributed by atoms with van der Waals surface area (Å²) < 4.78 is 0.865. The van der Waals surface area contributed by atoms with Gasteiger partial charge in [0.1, 0.15) is 17.3 Å². The van der Waals surface area contributed by atoms with E-state index in [1.807, 2.05) is 0 Å². The van der Waals surface area contributed by atoms with Crippen LogP contribution in [0.5, 0.6) is 0 Å². The number of halogens is 1. The van der Waals surface area contributed by atoms with Gasteiger partial charge in [-0.2, -0.15) is 0 Å². The first-order chi connectivity index (χ1) is 10.1. The molecule has 1 N–H and O–H groups in total. The van der Waals surface area contributed by atoms with Crippen molar-refractivity contribution >= 4 is 33.3 Å². The lowest BCUT2D eigenvalue weighted by molar-refractivity contribution is -0.151. The van der Waals surface area contributed by atoms with E-state index in [1.165, 1.54) is 20.8 Å². The number of benzene rings is 1. The zero-order valence-corrected chi connectivity index (χ0v) is 14.4. The largest absolute Gasteiger partial charge is 0.389 e. The molecule has 4 atom stereocenters. The SMILES string of the molecule is CC(=O)[C@H]1C(=O)C[C@@](C)(O)[C@H](C(C)=O)[C@H]1c1ccc(Br)cc1. The predicted octanol–water partition coefficient (Wildman–Crippen LogP) is 2.67. The molecular weight excluding hydrogens is 348 g/mol. The van der Waals surface area contributed by atoms with Gasteiger partial charge in [-0.3, -0.25) is 14.4 Å². The molecule has 0 saturated heterocycles. The van der Waals surface area contributed by atoms with E-state index in [-0.39, 0.29) is 23.8 Å². The third-order valence-electron chi connectivity index (χ3n) is 4.40. The molecule has 0 radical (unpaired) electrons. The molecule has 0 bridgehead atoms. The molecule has 0 unspecified atom stereocenters. The summed E-state index contributed by atoms with van der Waals surface area (Å²) in [7, 11) is 0. The zero-order valence-electron chi connectivity index (χ0n) is 12.8. The highest BCUT2D eigenvalue weighted by molar-refractivity contribution is 9.10. The second kappa shape index (κ2) is 6.05. The number of aliphatic hydroxyl groups is 1. The Bertz CT molecular complexity index is 618. The van der Waals surface area contributed by atoms with Gasteiger partial charge >= 0.3 is 0 Å². The molecule has 5 heteroatoms. The van der Waals surface area contributed by atoms with Gasteiger partial charge in [0.05, 0.1) is 17.4 Å². The second-order valence-corrected chi connectivity index (χ2v) is 7.17. The van der Waals surface area contributed by atoms with Gasteiger partial charge in [0.15, 0.2) is 0 Å². The molecule has 0 aliphatic heterocycles. The fourth-order valence-electron chi connectivity index (χ4n) is 3.59. The number of ketones is 3. The number of carbonyl (C=O) groups is 3. The van der Waals surface area contributed by atoms with E-state index in [0.717, 1.165) is 10.0 Å². The number of hydrogen-bond donors (Lipinski definition) is 1. The lowest BCUT2D eigenvalue weighted by Gasteiger charge is -2.44. The maximum absolute atomic E-state index is 12.4. The minimum atomic E-state index is -1.44. The average Bonchev–Trinajstić information content (AvgIpc) is 2.36. The van der Waals surface area contributed by atoms with Crippen molar-refractivity contribution in [2.45, 2.75) is 38.7 Å². The van der Waals surface area contributed by atoms with Crippen molar-refractivity contribution in [2.24, 2.45) is 11.8 Å². The topological polar surface area (TPSA) is 71.4 Å². The molecule has 0 heterocycles. The van der Waals surface area contributed by atoms with Gasteiger partial charge in [-0.05, 0) is 38.5 Å². The van der Waals surface area contributed by atoms with Crippen molar-refractivity contribution < 1.29 is 19.5 Å². The Labute approximate surface area is 138 Å². The zero-order chi connectivity index (χ0) is 16.7. The van der Waals surface area contributed by atoms with Crippen LogP contribution in [0.3, 0.4) is 0 Å². The van der Waals surface area contributed by atoms with Crippen molar-refractivity contribution in [3.8, 4) is 0 Å². The van der Waals surface area contributed by atoms with Crippen LogP contribution >= 0.6 is 15.9 Å². The van der Waals surface area contributed by atoms with Crippen LogP contribution in [0.15, 0.2) is 28.7 Å². The van der Waals surface area contributed by atoms with E-state index < -0.39 is 23.4 Å². The molecule has 4 nitrogen and oxygen atoms in total. The van der Waals surface area contributed by atoms with E-state index in [9.17, 15) is 19.5 Å². The van der Waals surface area contributed by atoms with Crippen LogP contribution in [0, 0.1) is 11.8 Å². The highest BCUT2D eigenvalue weighted by Crippen LogP contribution is 2.46. The summed E-state index contributed by atoms with van der Waals surface area (Å²) in [6, 6.07) is 7.18. The molecule has 0 spiro atoms. The quantitative estimate of drug-likeness (QED) is 0.834. The van der Waals surface area contributed by atoms with Gasteiger partial charge in [-0.1, -0.05) is 28.1 Å². The van der Waals surface area contributed by atoms with Gasteiger partial charge < -0.3 is 5.11 Å². The lowest BCUT2D eigenvalue weighted by atomic mass is 9.60. The summed E-state index contributed by atoms with van der Waals surface area (Å²) in [4.78, 5) is 36.5. The second-order valence-electron chi connectivity index (χ2n) is 6.25. The molecule has 1 aromatic carbocycles. The smallest absolute Gasteiger partial charge is 0.146 e. The van der Waals surface area contributed by atoms with Crippen LogP contribution in [0.25, 0.3) is 0 Å². The minimum Gasteiger partial charge on any atom is -0.389 e. The summed E-state index contributed by atoms with van der Waals surface area (Å²) in [5, 5.41) is 10.6. The number of hydrogen-bond acceptors (Lipinski definition) is 4. The Hall–Kier alpha value is -1.33. The van der Waals surface area contributed by atoms with Crippen LogP contribution in [-0.4, -0.2) is 28.1 Å². The van der Waals surface area contributed by atoms with E-state index >= 15 is 0 Å². The van der Waals surface area contributed by atoms with Crippen LogP contribution in [0.2, 0.25) is 0 Å². The summed E-state index contributed by atoms with van der Waals surface area (Å²) in [6.45, 7) is 4.27. The van der Waals surface area contributed by atoms with Gasteiger partial charge in [-0.25, -0.2) is 0 Å². The molecule has 1 aliphatic carbocycles. The highest BCUT2D eigenvalue weighted by atomic mass is 79.9. The van der Waals surface area contributed by atoms with E-state index in [4.69, 9.17) is 0 Å². The molecule has 22 heavy (non-hydrogen) atoms. The first-order valence-corrected chi connectivity index (χ1v) is 7.96. The van der Waals surface area contributed by atoms with Crippen molar-refractivity contribution in [3.05, 3.63) is 34.3 Å². The summed E-state index contributed by atoms with van der Waals surface area (Å²) in [5.41, 5.74) is -0.719. The average molecular weight is 367 g/mol. The van der Waals surface area contributed by atoms with Crippen molar-refractivity contribution in [1.29, 1.82) is 0 Å². The minimum absolute atomic E-state index is 0.172. The van der Waals surface area contributed by atoms with E-state index in [1.54, 1.807) is 24.3 Å². The fraction of sp³-hybridized carbons (Fsp3) is 0.471. The van der Waals surface area contributed by atoms with Crippen LogP contribution in [0.4, 0.5) is 0 Å². The Kier molecular flexibility index (Phi) is 4.68. The molecule has 2 rings (SSSR count). The number of carbonyl (C=O) groups excluding carboxylic acids is 3. The lowest BCUT2D eigenvalue weighted by Crippen LogP contribution is -2.53. The summed E-state index contributed by atoms with van der Waals surface area (Å²) in [6.07, 6.45) is -0.172. The van der Waals surface area contributed by atoms with Gasteiger partial charge in [0.2, 0.25) is 0 Å². The first-order valence-electron chi connectivity index (χ1n) is 7.16. The Morgan fingerprint density at radius 1 is 1.18 bits per heavy atom. The van der Waals surface area contributed by atoms with Gasteiger partial charge in [0.25, 0.3) is 0 Å². The molecule has 118 valence electrons. The summed E-state index contributed by atoms with van der Waals surface area (Å²) >= 11 is 3.34. The molecule has 1 fully saturated rings. The standard InChI is InChI=1S/C17H19BrO4/c1-9(19)14-13(21)8-17(3,22)16(10(2)20)15(14)11-4-6-12(18)7-5-11/h4-7,14-16,22H,8H2,1-3H3/t14-,15-,16+,17+/m0/s1. The van der Waals surface area contributed by atoms with Gasteiger partial charge in [0, 0.05) is 16.8 Å². The van der Waals surface area contributed by atoms with Crippen molar-refractivity contribution in [2.75, 3.05) is 0 Å². The van der Waals surface area contributed by atoms with Crippen molar-refractivity contribution in [3.63, 3.8) is 0 Å². The molecule has 0 amide bonds. The van der Waals surface area contributed by atoms with Crippen molar-refractivity contribution in [1.82, 2.24) is 0 Å². The highest BCUT2D eigenvalue weighted by Gasteiger charge is 2.53. The van der Waals surface area contributed by atoms with E-state index in [0.29, 0.717) is 0 Å². The first kappa shape index (κ1) is 17.0. The normalized spacial score (nSPS) is 31.9. The Morgan fingerprint density at radius 2 is 1.73 bits per heavy atom. The number of rotatable bonds is 3. The molecular formula is C17H19BrO4. The fourth-order valence-corrected chi connectivity index (χ4v) is 3.86. The maximum Gasteiger partial charge on any atom is 0.146 e. The van der Waals surface area contributed by atoms with E-state index in [2.05, 4.69) is 15.9 Å². The Morgan fingerprint density at radius 3 is 2.18 bits per heavy atom.